The van der Waals surface area contributed by atoms with Crippen molar-refractivity contribution in [1.82, 2.24) is 9.78 Å². The Morgan fingerprint density at radius 2 is 1.66 bits per heavy atom. The summed E-state index contributed by atoms with van der Waals surface area (Å²) in [5.74, 6) is -1.00. The zero-order chi connectivity index (χ0) is 30.5. The van der Waals surface area contributed by atoms with Gasteiger partial charge in [-0.25, -0.2) is 9.48 Å². The molecule has 1 amide bonds. The molecular weight excluding hydrogens is 568 g/mol. The first kappa shape index (κ1) is 28.8. The van der Waals surface area contributed by atoms with Crippen LogP contribution in [0.1, 0.15) is 46.1 Å². The number of amides is 1. The van der Waals surface area contributed by atoms with Crippen LogP contribution < -0.4 is 5.32 Å². The Bertz CT molecular complexity index is 1880. The SMILES string of the molecule is CCOC(=O)c1c(NC(=O)/C(C#N)=C/c2ccc(-n3nc(-c4ccccc4)cc3-c3ccccc3)cc2)sc2c1CCCC2. The van der Waals surface area contributed by atoms with Gasteiger partial charge in [-0.2, -0.15) is 10.4 Å². The van der Waals surface area contributed by atoms with Crippen LogP contribution in [-0.4, -0.2) is 28.3 Å². The molecule has 0 radical (unpaired) electrons. The monoisotopic (exact) mass is 598 g/mol. The van der Waals surface area contributed by atoms with Crippen molar-refractivity contribution < 1.29 is 14.3 Å². The number of esters is 1. The maximum atomic E-state index is 13.3. The average Bonchev–Trinajstić information content (AvgIpc) is 3.67. The van der Waals surface area contributed by atoms with Gasteiger partial charge < -0.3 is 10.1 Å². The molecule has 218 valence electrons. The van der Waals surface area contributed by atoms with Crippen LogP contribution >= 0.6 is 11.3 Å². The lowest BCUT2D eigenvalue weighted by molar-refractivity contribution is -0.112. The number of aryl methyl sites for hydroxylation is 1. The number of thiophene rings is 1. The quantitative estimate of drug-likeness (QED) is 0.111. The minimum atomic E-state index is -0.563. The van der Waals surface area contributed by atoms with Gasteiger partial charge in [-0.3, -0.25) is 4.79 Å². The predicted molar refractivity (Wildman–Crippen MR) is 174 cm³/mol. The molecule has 0 aliphatic heterocycles. The number of anilines is 1. The summed E-state index contributed by atoms with van der Waals surface area (Å²) < 4.78 is 7.20. The van der Waals surface area contributed by atoms with E-state index in [-0.39, 0.29) is 12.2 Å². The van der Waals surface area contributed by atoms with E-state index in [0.717, 1.165) is 64.3 Å². The number of nitrogens with one attached hydrogen (secondary N) is 1. The van der Waals surface area contributed by atoms with Crippen molar-refractivity contribution in [2.45, 2.75) is 32.6 Å². The lowest BCUT2D eigenvalue weighted by atomic mass is 9.95. The minimum absolute atomic E-state index is 0.0608. The molecule has 1 aliphatic carbocycles. The van der Waals surface area contributed by atoms with E-state index >= 15 is 0 Å². The third kappa shape index (κ3) is 5.96. The Morgan fingerprint density at radius 1 is 0.977 bits per heavy atom. The molecule has 44 heavy (non-hydrogen) atoms. The second-order valence-electron chi connectivity index (χ2n) is 10.4. The molecule has 1 aliphatic rings. The fourth-order valence-electron chi connectivity index (χ4n) is 5.41. The van der Waals surface area contributed by atoms with Crippen molar-refractivity contribution >= 4 is 34.3 Å². The molecule has 0 unspecified atom stereocenters. The molecule has 1 N–H and O–H groups in total. The Kier molecular flexibility index (Phi) is 8.48. The van der Waals surface area contributed by atoms with Gasteiger partial charge in [0, 0.05) is 16.0 Å². The van der Waals surface area contributed by atoms with Crippen molar-refractivity contribution in [2.75, 3.05) is 11.9 Å². The van der Waals surface area contributed by atoms with Crippen molar-refractivity contribution in [3.05, 3.63) is 118 Å². The number of nitrogens with zero attached hydrogens (tertiary/aromatic N) is 3. The highest BCUT2D eigenvalue weighted by Crippen LogP contribution is 2.39. The normalized spacial score (nSPS) is 12.7. The predicted octanol–water partition coefficient (Wildman–Crippen LogP) is 7.87. The molecule has 0 fully saturated rings. The summed E-state index contributed by atoms with van der Waals surface area (Å²) in [5.41, 5.74) is 6.70. The van der Waals surface area contributed by atoms with E-state index in [9.17, 15) is 14.9 Å². The maximum Gasteiger partial charge on any atom is 0.341 e. The first-order valence-corrected chi connectivity index (χ1v) is 15.4. The van der Waals surface area contributed by atoms with E-state index in [0.29, 0.717) is 16.1 Å². The minimum Gasteiger partial charge on any atom is -0.462 e. The molecular formula is C36H30N4O3S. The number of benzene rings is 3. The van der Waals surface area contributed by atoms with Crippen LogP contribution in [0, 0.1) is 11.3 Å². The Hall–Kier alpha value is -5.26. The molecule has 5 aromatic rings. The molecule has 0 spiro atoms. The number of carbonyl (C=O) groups is 2. The third-order valence-corrected chi connectivity index (χ3v) is 8.75. The lowest BCUT2D eigenvalue weighted by Gasteiger charge is -2.12. The second kappa shape index (κ2) is 12.9. The van der Waals surface area contributed by atoms with Gasteiger partial charge in [0.25, 0.3) is 5.91 Å². The Morgan fingerprint density at radius 3 is 2.34 bits per heavy atom. The van der Waals surface area contributed by atoms with Gasteiger partial charge in [-0.05, 0) is 68.0 Å². The average molecular weight is 599 g/mol. The summed E-state index contributed by atoms with van der Waals surface area (Å²) in [6.07, 6.45) is 5.22. The third-order valence-electron chi connectivity index (χ3n) is 7.54. The number of fused-ring (bicyclic) bond motifs is 1. The van der Waals surface area contributed by atoms with Crippen LogP contribution in [-0.2, 0) is 22.4 Å². The number of carbonyl (C=O) groups excluding carboxylic acids is 2. The van der Waals surface area contributed by atoms with Crippen molar-refractivity contribution in [3.63, 3.8) is 0 Å². The zero-order valence-corrected chi connectivity index (χ0v) is 25.1. The van der Waals surface area contributed by atoms with Crippen LogP contribution in [0.5, 0.6) is 0 Å². The first-order valence-electron chi connectivity index (χ1n) is 14.6. The number of hydrogen-bond acceptors (Lipinski definition) is 6. The summed E-state index contributed by atoms with van der Waals surface area (Å²) in [4.78, 5) is 27.2. The van der Waals surface area contributed by atoms with Crippen LogP contribution in [0.25, 0.3) is 34.3 Å². The maximum absolute atomic E-state index is 13.3. The van der Waals surface area contributed by atoms with Crippen LogP contribution in [0.3, 0.4) is 0 Å². The first-order chi connectivity index (χ1) is 21.6. The number of nitriles is 1. The van der Waals surface area contributed by atoms with E-state index in [4.69, 9.17) is 9.84 Å². The smallest absolute Gasteiger partial charge is 0.341 e. The van der Waals surface area contributed by atoms with Gasteiger partial charge in [0.2, 0.25) is 0 Å². The number of aromatic nitrogens is 2. The van der Waals surface area contributed by atoms with Crippen LogP contribution in [0.4, 0.5) is 5.00 Å². The van der Waals surface area contributed by atoms with Crippen LogP contribution in [0.2, 0.25) is 0 Å². The largest absolute Gasteiger partial charge is 0.462 e. The molecule has 3 aromatic carbocycles. The molecule has 2 heterocycles. The fourth-order valence-corrected chi connectivity index (χ4v) is 6.69. The molecule has 0 saturated carbocycles. The number of ether oxygens (including phenoxy) is 1. The van der Waals surface area contributed by atoms with E-state index < -0.39 is 11.9 Å². The highest BCUT2D eigenvalue weighted by Gasteiger charge is 2.28. The zero-order valence-electron chi connectivity index (χ0n) is 24.2. The highest BCUT2D eigenvalue weighted by molar-refractivity contribution is 7.17. The summed E-state index contributed by atoms with van der Waals surface area (Å²) in [5, 5.41) is 18.1. The molecule has 8 heteroatoms. The molecule has 2 aromatic heterocycles. The van der Waals surface area contributed by atoms with Gasteiger partial charge >= 0.3 is 5.97 Å². The number of hydrogen-bond donors (Lipinski definition) is 1. The molecule has 0 bridgehead atoms. The summed E-state index contributed by atoms with van der Waals surface area (Å²) >= 11 is 1.40. The summed E-state index contributed by atoms with van der Waals surface area (Å²) in [6, 6.07) is 31.7. The second-order valence-corrected chi connectivity index (χ2v) is 11.5. The summed E-state index contributed by atoms with van der Waals surface area (Å²) in [7, 11) is 0. The van der Waals surface area contributed by atoms with Crippen molar-refractivity contribution in [1.29, 1.82) is 5.26 Å². The van der Waals surface area contributed by atoms with Crippen molar-refractivity contribution in [3.8, 4) is 34.3 Å². The highest BCUT2D eigenvalue weighted by atomic mass is 32.1. The Labute approximate surface area is 260 Å². The molecule has 7 nitrogen and oxygen atoms in total. The van der Waals surface area contributed by atoms with E-state index in [2.05, 4.69) is 23.5 Å². The van der Waals surface area contributed by atoms with Crippen molar-refractivity contribution in [2.24, 2.45) is 0 Å². The van der Waals surface area contributed by atoms with Gasteiger partial charge in [0.1, 0.15) is 16.6 Å². The van der Waals surface area contributed by atoms with E-state index in [1.165, 1.54) is 11.3 Å². The lowest BCUT2D eigenvalue weighted by Crippen LogP contribution is -2.16. The number of rotatable bonds is 8. The van der Waals surface area contributed by atoms with Gasteiger partial charge in [-0.15, -0.1) is 11.3 Å². The Balaban J connectivity index is 1.28. The van der Waals surface area contributed by atoms with Gasteiger partial charge in [-0.1, -0.05) is 72.8 Å². The topological polar surface area (TPSA) is 97.0 Å². The van der Waals surface area contributed by atoms with Crippen LogP contribution in [0.15, 0.2) is 96.6 Å². The standard InChI is InChI=1S/C36H30N4O3S/c1-2-43-36(42)33-29-15-9-10-16-32(29)44-35(33)38-34(41)27(23-37)21-24-17-19-28(20-18-24)40-31(26-13-7-4-8-14-26)22-30(39-40)25-11-5-3-6-12-25/h3-8,11-14,17-22H,2,9-10,15-16H2,1H3,(H,38,41)/b27-21+. The fraction of sp³-hybridized carbons (Fsp3) is 0.167. The molecule has 0 saturated heterocycles. The molecule has 6 rings (SSSR count). The van der Waals surface area contributed by atoms with Gasteiger partial charge in [0.15, 0.2) is 0 Å². The molecule has 0 atom stereocenters. The summed E-state index contributed by atoms with van der Waals surface area (Å²) in [6.45, 7) is 2.00. The van der Waals surface area contributed by atoms with Gasteiger partial charge in [0.05, 0.1) is 29.2 Å². The van der Waals surface area contributed by atoms with E-state index in [1.54, 1.807) is 13.0 Å². The van der Waals surface area contributed by atoms with E-state index in [1.807, 2.05) is 83.5 Å².